The predicted molar refractivity (Wildman–Crippen MR) is 113 cm³/mol. The third-order valence-electron chi connectivity index (χ3n) is 6.80. The van der Waals surface area contributed by atoms with E-state index in [1.54, 1.807) is 0 Å². The van der Waals surface area contributed by atoms with Crippen molar-refractivity contribution in [2.75, 3.05) is 6.61 Å². The van der Waals surface area contributed by atoms with Gasteiger partial charge in [0, 0.05) is 30.8 Å². The van der Waals surface area contributed by atoms with Crippen LogP contribution in [0.5, 0.6) is 0 Å². The van der Waals surface area contributed by atoms with E-state index in [4.69, 9.17) is 9.72 Å². The van der Waals surface area contributed by atoms with Crippen LogP contribution in [0.2, 0.25) is 0 Å². The number of nitrogens with one attached hydrogen (secondary N) is 1. The molecule has 1 aromatic rings. The van der Waals surface area contributed by atoms with Gasteiger partial charge in [-0.25, -0.2) is 4.79 Å². The van der Waals surface area contributed by atoms with Crippen molar-refractivity contribution in [3.63, 3.8) is 0 Å². The van der Waals surface area contributed by atoms with Crippen LogP contribution in [0.1, 0.15) is 74.7 Å². The van der Waals surface area contributed by atoms with Gasteiger partial charge in [0.1, 0.15) is 6.04 Å². The molecule has 3 aliphatic carbocycles. The standard InChI is InChI=1S/C24H34N2O4/c27-23(15-16-5-6-16)26-22(24(28)29)11-12-30-20-13-17(14-20)7-9-19-10-8-18-3-1-2-4-21(18)25-19/h8,10,16-17,20,22H,1-7,9,11-15H2,(H,26,27)(H,28,29). The summed E-state index contributed by atoms with van der Waals surface area (Å²) in [5.41, 5.74) is 3.96. The van der Waals surface area contributed by atoms with Crippen molar-refractivity contribution in [2.24, 2.45) is 11.8 Å². The Morgan fingerprint density at radius 1 is 1.17 bits per heavy atom. The Kier molecular flexibility index (Phi) is 7.03. The smallest absolute Gasteiger partial charge is 0.326 e. The van der Waals surface area contributed by atoms with E-state index in [2.05, 4.69) is 17.4 Å². The number of pyridine rings is 1. The molecular formula is C24H34N2O4. The maximum Gasteiger partial charge on any atom is 0.326 e. The number of ether oxygens (including phenoxy) is 1. The molecule has 1 heterocycles. The number of aryl methyl sites for hydroxylation is 3. The van der Waals surface area contributed by atoms with E-state index in [9.17, 15) is 14.7 Å². The first-order chi connectivity index (χ1) is 14.6. The first-order valence-electron chi connectivity index (χ1n) is 11.7. The number of hydrogen-bond acceptors (Lipinski definition) is 4. The zero-order chi connectivity index (χ0) is 20.9. The molecule has 30 heavy (non-hydrogen) atoms. The molecule has 6 heteroatoms. The molecule has 2 saturated carbocycles. The largest absolute Gasteiger partial charge is 0.480 e. The first-order valence-corrected chi connectivity index (χ1v) is 11.7. The van der Waals surface area contributed by atoms with Gasteiger partial charge in [-0.05, 0) is 87.7 Å². The molecule has 0 radical (unpaired) electrons. The number of hydrogen-bond donors (Lipinski definition) is 2. The zero-order valence-corrected chi connectivity index (χ0v) is 17.8. The molecule has 0 aromatic carbocycles. The third-order valence-corrected chi connectivity index (χ3v) is 6.80. The lowest BCUT2D eigenvalue weighted by molar-refractivity contribution is -0.142. The Hall–Kier alpha value is -1.95. The molecule has 3 aliphatic rings. The van der Waals surface area contributed by atoms with Gasteiger partial charge in [-0.15, -0.1) is 0 Å². The average molecular weight is 415 g/mol. The number of aliphatic carboxylic acids is 1. The monoisotopic (exact) mass is 414 g/mol. The number of nitrogens with zero attached hydrogens (tertiary/aromatic N) is 1. The molecule has 2 fully saturated rings. The summed E-state index contributed by atoms with van der Waals surface area (Å²) >= 11 is 0. The summed E-state index contributed by atoms with van der Waals surface area (Å²) in [4.78, 5) is 28.1. The number of fused-ring (bicyclic) bond motifs is 1. The minimum atomic E-state index is -0.980. The highest BCUT2D eigenvalue weighted by Gasteiger charge is 2.31. The van der Waals surface area contributed by atoms with E-state index in [0.717, 1.165) is 44.9 Å². The van der Waals surface area contributed by atoms with E-state index in [1.165, 1.54) is 36.2 Å². The number of carbonyl (C=O) groups is 2. The van der Waals surface area contributed by atoms with Crippen molar-refractivity contribution in [2.45, 2.75) is 89.2 Å². The van der Waals surface area contributed by atoms with E-state index in [0.29, 0.717) is 31.3 Å². The molecule has 6 nitrogen and oxygen atoms in total. The number of carboxylic acid groups (broad SMARTS) is 1. The zero-order valence-electron chi connectivity index (χ0n) is 17.8. The van der Waals surface area contributed by atoms with Gasteiger partial charge in [0.05, 0.1) is 6.10 Å². The van der Waals surface area contributed by atoms with Crippen LogP contribution in [-0.4, -0.2) is 40.7 Å². The highest BCUT2D eigenvalue weighted by Crippen LogP contribution is 2.34. The normalized spacial score (nSPS) is 23.9. The van der Waals surface area contributed by atoms with Crippen LogP contribution in [0.25, 0.3) is 0 Å². The molecule has 4 rings (SSSR count). The second-order valence-electron chi connectivity index (χ2n) is 9.38. The van der Waals surface area contributed by atoms with Crippen molar-refractivity contribution >= 4 is 11.9 Å². The summed E-state index contributed by atoms with van der Waals surface area (Å²) in [5.74, 6) is -0.00312. The molecule has 1 atom stereocenters. The number of carbonyl (C=O) groups excluding carboxylic acids is 1. The first kappa shape index (κ1) is 21.3. The molecule has 1 amide bonds. The minimum Gasteiger partial charge on any atom is -0.480 e. The van der Waals surface area contributed by atoms with Gasteiger partial charge in [0.2, 0.25) is 5.91 Å². The quantitative estimate of drug-likeness (QED) is 0.579. The SMILES string of the molecule is O=C(CC1CC1)NC(CCOC1CC(CCc2ccc3c(n2)CCCC3)C1)C(=O)O. The van der Waals surface area contributed by atoms with E-state index < -0.39 is 12.0 Å². The molecule has 2 N–H and O–H groups in total. The van der Waals surface area contributed by atoms with Crippen LogP contribution in [-0.2, 0) is 33.6 Å². The van der Waals surface area contributed by atoms with Gasteiger partial charge in [0.25, 0.3) is 0 Å². The molecule has 0 spiro atoms. The molecule has 0 saturated heterocycles. The highest BCUT2D eigenvalue weighted by molar-refractivity contribution is 5.83. The summed E-state index contributed by atoms with van der Waals surface area (Å²) in [6, 6.07) is 3.62. The van der Waals surface area contributed by atoms with Crippen LogP contribution in [0.15, 0.2) is 12.1 Å². The number of aromatic nitrogens is 1. The molecule has 0 bridgehead atoms. The summed E-state index contributed by atoms with van der Waals surface area (Å²) in [7, 11) is 0. The Morgan fingerprint density at radius 2 is 1.97 bits per heavy atom. The average Bonchev–Trinajstić information content (AvgIpc) is 3.51. The van der Waals surface area contributed by atoms with Gasteiger partial charge in [-0.1, -0.05) is 6.07 Å². The lowest BCUT2D eigenvalue weighted by Crippen LogP contribution is -2.42. The second-order valence-corrected chi connectivity index (χ2v) is 9.38. The number of amides is 1. The minimum absolute atomic E-state index is 0.149. The lowest BCUT2D eigenvalue weighted by Gasteiger charge is -2.35. The highest BCUT2D eigenvalue weighted by atomic mass is 16.5. The van der Waals surface area contributed by atoms with Crippen LogP contribution in [0.4, 0.5) is 0 Å². The van der Waals surface area contributed by atoms with Crippen molar-refractivity contribution in [3.8, 4) is 0 Å². The van der Waals surface area contributed by atoms with Gasteiger partial charge >= 0.3 is 5.97 Å². The van der Waals surface area contributed by atoms with Crippen LogP contribution in [0, 0.1) is 11.8 Å². The molecule has 0 aliphatic heterocycles. The third kappa shape index (κ3) is 6.03. The van der Waals surface area contributed by atoms with E-state index in [1.807, 2.05) is 0 Å². The number of rotatable bonds is 11. The van der Waals surface area contributed by atoms with Crippen molar-refractivity contribution in [3.05, 3.63) is 29.1 Å². The van der Waals surface area contributed by atoms with Gasteiger partial charge in [-0.2, -0.15) is 0 Å². The fourth-order valence-corrected chi connectivity index (χ4v) is 4.61. The lowest BCUT2D eigenvalue weighted by atomic mass is 9.79. The maximum atomic E-state index is 11.9. The van der Waals surface area contributed by atoms with Gasteiger partial charge in [-0.3, -0.25) is 9.78 Å². The van der Waals surface area contributed by atoms with Crippen molar-refractivity contribution < 1.29 is 19.4 Å². The fourth-order valence-electron chi connectivity index (χ4n) is 4.61. The predicted octanol–water partition coefficient (Wildman–Crippen LogP) is 3.45. The topological polar surface area (TPSA) is 88.5 Å². The van der Waals surface area contributed by atoms with E-state index >= 15 is 0 Å². The molecule has 1 unspecified atom stereocenters. The Labute approximate surface area is 178 Å². The summed E-state index contributed by atoms with van der Waals surface area (Å²) in [6.45, 7) is 0.379. The van der Waals surface area contributed by atoms with Crippen LogP contribution < -0.4 is 5.32 Å². The van der Waals surface area contributed by atoms with E-state index in [-0.39, 0.29) is 12.0 Å². The van der Waals surface area contributed by atoms with Gasteiger partial charge < -0.3 is 15.2 Å². The Balaban J connectivity index is 1.10. The summed E-state index contributed by atoms with van der Waals surface area (Å²) in [5, 5.41) is 12.0. The molecule has 164 valence electrons. The second kappa shape index (κ2) is 9.90. The van der Waals surface area contributed by atoms with Crippen LogP contribution in [0.3, 0.4) is 0 Å². The van der Waals surface area contributed by atoms with Crippen molar-refractivity contribution in [1.29, 1.82) is 0 Å². The Morgan fingerprint density at radius 3 is 2.73 bits per heavy atom. The van der Waals surface area contributed by atoms with Crippen molar-refractivity contribution in [1.82, 2.24) is 10.3 Å². The Bertz CT molecular complexity index is 756. The summed E-state index contributed by atoms with van der Waals surface area (Å²) < 4.78 is 5.86. The molecule has 1 aromatic heterocycles. The molecular weight excluding hydrogens is 380 g/mol. The van der Waals surface area contributed by atoms with Gasteiger partial charge in [0.15, 0.2) is 0 Å². The van der Waals surface area contributed by atoms with Crippen LogP contribution >= 0.6 is 0 Å². The summed E-state index contributed by atoms with van der Waals surface area (Å²) in [6.07, 6.45) is 12.3. The number of carboxylic acids is 1. The maximum absolute atomic E-state index is 11.9. The fraction of sp³-hybridized carbons (Fsp3) is 0.708.